The monoisotopic (exact) mass is 283 g/mol. The number of benzene rings is 1. The van der Waals surface area contributed by atoms with Crippen LogP contribution in [-0.2, 0) is 13.8 Å². The zero-order valence-corrected chi connectivity index (χ0v) is 10.9. The molecule has 4 nitrogen and oxygen atoms in total. The zero-order valence-electron chi connectivity index (χ0n) is 9.34. The van der Waals surface area contributed by atoms with Crippen molar-refractivity contribution in [3.63, 3.8) is 0 Å². The standard InChI is InChI=1S/C12H10ClNO3S/c1-2-9-4-3-5-10(6-9)14-8-11(7-12(14)15)18(13,16)17/h1,3-6,11H,7-8H2. The van der Waals surface area contributed by atoms with Crippen molar-refractivity contribution >= 4 is 31.3 Å². The number of terminal acetylenes is 1. The number of carbonyl (C=O) groups is 1. The van der Waals surface area contributed by atoms with Crippen LogP contribution in [0.1, 0.15) is 12.0 Å². The van der Waals surface area contributed by atoms with Gasteiger partial charge in [0, 0.05) is 34.9 Å². The summed E-state index contributed by atoms with van der Waals surface area (Å²) in [4.78, 5) is 13.2. The summed E-state index contributed by atoms with van der Waals surface area (Å²) in [5.41, 5.74) is 1.23. The van der Waals surface area contributed by atoms with E-state index in [9.17, 15) is 13.2 Å². The Morgan fingerprint density at radius 1 is 1.44 bits per heavy atom. The smallest absolute Gasteiger partial charge is 0.237 e. The average Bonchev–Trinajstić information content (AvgIpc) is 2.71. The van der Waals surface area contributed by atoms with Crippen LogP contribution < -0.4 is 4.90 Å². The molecule has 2 rings (SSSR count). The molecule has 0 aliphatic carbocycles. The molecule has 1 aliphatic heterocycles. The van der Waals surface area contributed by atoms with Crippen molar-refractivity contribution in [1.29, 1.82) is 0 Å². The molecule has 1 aromatic carbocycles. The maximum absolute atomic E-state index is 11.8. The number of anilines is 1. The second-order valence-electron chi connectivity index (χ2n) is 4.00. The van der Waals surface area contributed by atoms with Gasteiger partial charge >= 0.3 is 0 Å². The Morgan fingerprint density at radius 3 is 2.72 bits per heavy atom. The summed E-state index contributed by atoms with van der Waals surface area (Å²) in [6.07, 6.45) is 5.19. The Morgan fingerprint density at radius 2 is 2.17 bits per heavy atom. The van der Waals surface area contributed by atoms with Gasteiger partial charge in [0.1, 0.15) is 5.25 Å². The van der Waals surface area contributed by atoms with Crippen molar-refractivity contribution in [2.75, 3.05) is 11.4 Å². The van der Waals surface area contributed by atoms with Gasteiger partial charge in [0.05, 0.1) is 0 Å². The van der Waals surface area contributed by atoms with Gasteiger partial charge in [0.2, 0.25) is 15.0 Å². The van der Waals surface area contributed by atoms with Crippen LogP contribution in [0.25, 0.3) is 0 Å². The summed E-state index contributed by atoms with van der Waals surface area (Å²) in [5.74, 6) is 2.20. The van der Waals surface area contributed by atoms with Gasteiger partial charge < -0.3 is 4.90 Å². The minimum atomic E-state index is -3.72. The molecule has 0 aromatic heterocycles. The van der Waals surface area contributed by atoms with Crippen molar-refractivity contribution in [2.45, 2.75) is 11.7 Å². The first-order valence-electron chi connectivity index (χ1n) is 5.22. The molecule has 0 N–H and O–H groups in total. The summed E-state index contributed by atoms with van der Waals surface area (Å²) in [5, 5.41) is -0.860. The van der Waals surface area contributed by atoms with Crippen LogP contribution in [0.4, 0.5) is 5.69 Å². The van der Waals surface area contributed by atoms with Gasteiger partial charge in [-0.25, -0.2) is 8.42 Å². The quantitative estimate of drug-likeness (QED) is 0.608. The number of hydrogen-bond acceptors (Lipinski definition) is 3. The SMILES string of the molecule is C#Cc1cccc(N2CC(S(=O)(=O)Cl)CC2=O)c1. The molecule has 0 saturated carbocycles. The van der Waals surface area contributed by atoms with Crippen molar-refractivity contribution in [3.8, 4) is 12.3 Å². The number of hydrogen-bond donors (Lipinski definition) is 0. The molecule has 6 heteroatoms. The molecule has 1 saturated heterocycles. The number of carbonyl (C=O) groups excluding carboxylic acids is 1. The highest BCUT2D eigenvalue weighted by Gasteiger charge is 2.37. The van der Waals surface area contributed by atoms with Crippen LogP contribution in [0.5, 0.6) is 0 Å². The predicted molar refractivity (Wildman–Crippen MR) is 69.9 cm³/mol. The van der Waals surface area contributed by atoms with Crippen LogP contribution >= 0.6 is 10.7 Å². The largest absolute Gasteiger partial charge is 0.311 e. The van der Waals surface area contributed by atoms with E-state index in [1.54, 1.807) is 24.3 Å². The molecule has 0 spiro atoms. The van der Waals surface area contributed by atoms with Crippen LogP contribution in [0.15, 0.2) is 24.3 Å². The minimum Gasteiger partial charge on any atom is -0.311 e. The van der Waals surface area contributed by atoms with E-state index in [0.717, 1.165) is 0 Å². The summed E-state index contributed by atoms with van der Waals surface area (Å²) < 4.78 is 22.5. The molecular weight excluding hydrogens is 274 g/mol. The number of rotatable bonds is 2. The molecule has 1 heterocycles. The second kappa shape index (κ2) is 4.63. The van der Waals surface area contributed by atoms with Crippen molar-refractivity contribution < 1.29 is 13.2 Å². The maximum Gasteiger partial charge on any atom is 0.237 e. The fourth-order valence-electron chi connectivity index (χ4n) is 1.88. The van der Waals surface area contributed by atoms with Gasteiger partial charge in [-0.1, -0.05) is 12.0 Å². The van der Waals surface area contributed by atoms with Gasteiger partial charge in [-0.05, 0) is 18.2 Å². The molecule has 1 atom stereocenters. The lowest BCUT2D eigenvalue weighted by Gasteiger charge is -2.16. The zero-order chi connectivity index (χ0) is 13.3. The summed E-state index contributed by atoms with van der Waals surface area (Å²) in [7, 11) is 1.55. The van der Waals surface area contributed by atoms with Crippen LogP contribution in [0.3, 0.4) is 0 Å². The molecule has 1 aliphatic rings. The average molecular weight is 284 g/mol. The van der Waals surface area contributed by atoms with Gasteiger partial charge in [0.25, 0.3) is 0 Å². The van der Waals surface area contributed by atoms with Gasteiger partial charge in [-0.2, -0.15) is 0 Å². The van der Waals surface area contributed by atoms with E-state index >= 15 is 0 Å². The van der Waals surface area contributed by atoms with Crippen LogP contribution in [0, 0.1) is 12.3 Å². The molecule has 1 aromatic rings. The van der Waals surface area contributed by atoms with E-state index in [0.29, 0.717) is 11.3 Å². The lowest BCUT2D eigenvalue weighted by Crippen LogP contribution is -2.26. The van der Waals surface area contributed by atoms with Crippen molar-refractivity contribution in [3.05, 3.63) is 29.8 Å². The number of amides is 1. The van der Waals surface area contributed by atoms with E-state index in [-0.39, 0.29) is 18.9 Å². The van der Waals surface area contributed by atoms with E-state index in [4.69, 9.17) is 17.1 Å². The van der Waals surface area contributed by atoms with Crippen molar-refractivity contribution in [2.24, 2.45) is 0 Å². The normalized spacial score (nSPS) is 19.9. The number of nitrogens with zero attached hydrogens (tertiary/aromatic N) is 1. The first kappa shape index (κ1) is 12.9. The second-order valence-corrected chi connectivity index (χ2v) is 6.91. The molecule has 1 unspecified atom stereocenters. The first-order chi connectivity index (χ1) is 8.41. The molecule has 0 bridgehead atoms. The van der Waals surface area contributed by atoms with Crippen LogP contribution in [0.2, 0.25) is 0 Å². The Balaban J connectivity index is 2.30. The van der Waals surface area contributed by atoms with E-state index in [2.05, 4.69) is 5.92 Å². The molecule has 0 radical (unpaired) electrons. The van der Waals surface area contributed by atoms with E-state index < -0.39 is 14.3 Å². The Bertz CT molecular complexity index is 633. The highest BCUT2D eigenvalue weighted by Crippen LogP contribution is 2.27. The molecule has 94 valence electrons. The minimum absolute atomic E-state index is 0.0681. The van der Waals surface area contributed by atoms with Crippen molar-refractivity contribution in [1.82, 2.24) is 0 Å². The molecule has 1 amide bonds. The highest BCUT2D eigenvalue weighted by atomic mass is 35.7. The molecule has 1 fully saturated rings. The van der Waals surface area contributed by atoms with E-state index in [1.165, 1.54) is 4.90 Å². The predicted octanol–water partition coefficient (Wildman–Crippen LogP) is 1.34. The topological polar surface area (TPSA) is 54.5 Å². The van der Waals surface area contributed by atoms with E-state index in [1.807, 2.05) is 0 Å². The lowest BCUT2D eigenvalue weighted by atomic mass is 10.2. The highest BCUT2D eigenvalue weighted by molar-refractivity contribution is 8.14. The van der Waals surface area contributed by atoms with Gasteiger partial charge in [-0.15, -0.1) is 6.42 Å². The maximum atomic E-state index is 11.8. The fourth-order valence-corrected chi connectivity index (χ4v) is 2.90. The summed E-state index contributed by atoms with van der Waals surface area (Å²) >= 11 is 0. The molecule has 18 heavy (non-hydrogen) atoms. The van der Waals surface area contributed by atoms with Crippen LogP contribution in [-0.4, -0.2) is 26.1 Å². The first-order valence-corrected chi connectivity index (χ1v) is 7.59. The summed E-state index contributed by atoms with van der Waals surface area (Å²) in [6, 6.07) is 6.84. The third-order valence-electron chi connectivity index (χ3n) is 2.81. The number of halogens is 1. The third kappa shape index (κ3) is 2.50. The summed E-state index contributed by atoms with van der Waals surface area (Å²) in [6.45, 7) is 0.0681. The lowest BCUT2D eigenvalue weighted by molar-refractivity contribution is -0.117. The Labute approximate surface area is 110 Å². The van der Waals surface area contributed by atoms with Gasteiger partial charge in [-0.3, -0.25) is 4.79 Å². The Hall–Kier alpha value is -1.51. The van der Waals surface area contributed by atoms with Gasteiger partial charge in [0.15, 0.2) is 0 Å². The third-order valence-corrected chi connectivity index (χ3v) is 4.68. The fraction of sp³-hybridized carbons (Fsp3) is 0.250. The molecular formula is C12H10ClNO3S. The Kier molecular flexibility index (Phi) is 3.33.